The Kier molecular flexibility index (Phi) is 10.8. The average Bonchev–Trinajstić information content (AvgIpc) is 3.71. The second-order valence-electron chi connectivity index (χ2n) is 14.5. The first-order chi connectivity index (χ1) is 28.4. The molecule has 3 N–H and O–H groups in total. The Morgan fingerprint density at radius 1 is 0.949 bits per heavy atom. The molecule has 16 nitrogen and oxygen atoms in total. The minimum atomic E-state index is -3.86. The van der Waals surface area contributed by atoms with Crippen LogP contribution in [0.5, 0.6) is 5.75 Å². The van der Waals surface area contributed by atoms with E-state index in [9.17, 15) is 27.6 Å². The van der Waals surface area contributed by atoms with Crippen molar-refractivity contribution in [3.8, 4) is 22.6 Å². The maximum atomic E-state index is 16.0. The highest BCUT2D eigenvalue weighted by Crippen LogP contribution is 2.36. The zero-order chi connectivity index (χ0) is 41.4. The number of likely N-dealkylation sites (tertiary alicyclic amines) is 1. The number of rotatable bonds is 13. The Morgan fingerprint density at radius 2 is 1.73 bits per heavy atom. The van der Waals surface area contributed by atoms with E-state index >= 15 is 8.78 Å². The van der Waals surface area contributed by atoms with Crippen LogP contribution in [0.2, 0.25) is 0 Å². The Hall–Kier alpha value is -6.34. The van der Waals surface area contributed by atoms with Gasteiger partial charge in [-0.1, -0.05) is 13.0 Å². The van der Waals surface area contributed by atoms with E-state index in [-0.39, 0.29) is 53.8 Å². The quantitative estimate of drug-likeness (QED) is 0.143. The zero-order valence-corrected chi connectivity index (χ0v) is 32.6. The van der Waals surface area contributed by atoms with Crippen molar-refractivity contribution >= 4 is 56.2 Å². The number of anilines is 2. The van der Waals surface area contributed by atoms with Gasteiger partial charge in [0.1, 0.15) is 42.0 Å². The van der Waals surface area contributed by atoms with Gasteiger partial charge in [-0.05, 0) is 62.1 Å². The fourth-order valence-corrected chi connectivity index (χ4v) is 8.88. The third kappa shape index (κ3) is 7.82. The van der Waals surface area contributed by atoms with Crippen molar-refractivity contribution in [1.82, 2.24) is 34.6 Å². The van der Waals surface area contributed by atoms with Gasteiger partial charge in [-0.3, -0.25) is 39.0 Å². The standard InChI is InChI=1S/C40H39F2N9O7S/c1-2-18-59(56,57)48-28-7-6-27(41)37(35(28)42)50-21-26(23-19-43-22-44-20-23)36-29(50)8-10-32(46-36)45-24-12-14-49(15-13-24)16-17-58-31-5-3-4-25-34(31)40(55)51(39(25)54)30-9-11-33(52)47-38(30)53/h3-8,10,19-22,24,30,48H,2,9,11-18H2,1H3,(H,45,46)(H,47,52,53). The highest BCUT2D eigenvalue weighted by molar-refractivity contribution is 7.92. The lowest BCUT2D eigenvalue weighted by Gasteiger charge is -2.32. The van der Waals surface area contributed by atoms with E-state index in [1.54, 1.807) is 43.6 Å². The van der Waals surface area contributed by atoms with Crippen molar-refractivity contribution in [3.63, 3.8) is 0 Å². The summed E-state index contributed by atoms with van der Waals surface area (Å²) in [5, 5.41) is 5.69. The summed E-state index contributed by atoms with van der Waals surface area (Å²) >= 11 is 0. The number of hydrogen-bond acceptors (Lipinski definition) is 12. The molecule has 4 amide bonds. The van der Waals surface area contributed by atoms with Gasteiger partial charge in [-0.25, -0.2) is 32.2 Å². The van der Waals surface area contributed by atoms with Gasteiger partial charge in [0.15, 0.2) is 5.82 Å². The number of ether oxygens (including phenoxy) is 1. The van der Waals surface area contributed by atoms with Crippen LogP contribution < -0.4 is 20.1 Å². The van der Waals surface area contributed by atoms with E-state index in [1.807, 2.05) is 0 Å². The minimum absolute atomic E-state index is 0.0282. The summed E-state index contributed by atoms with van der Waals surface area (Å²) in [4.78, 5) is 66.9. The van der Waals surface area contributed by atoms with Crippen LogP contribution in [0, 0.1) is 11.6 Å². The maximum absolute atomic E-state index is 16.0. The first-order valence-electron chi connectivity index (χ1n) is 19.1. The average molecular weight is 828 g/mol. The molecule has 3 aliphatic heterocycles. The predicted molar refractivity (Wildman–Crippen MR) is 211 cm³/mol. The zero-order valence-electron chi connectivity index (χ0n) is 31.8. The molecule has 3 aliphatic rings. The number of pyridine rings is 1. The number of benzene rings is 2. The van der Waals surface area contributed by atoms with Gasteiger partial charge in [0.25, 0.3) is 11.8 Å². The Bertz CT molecular complexity index is 2600. The van der Waals surface area contributed by atoms with Gasteiger partial charge in [-0.15, -0.1) is 0 Å². The third-order valence-corrected chi connectivity index (χ3v) is 12.1. The molecule has 0 saturated carbocycles. The molecule has 2 fully saturated rings. The summed E-state index contributed by atoms with van der Waals surface area (Å²) in [7, 11) is -3.86. The van der Waals surface area contributed by atoms with Crippen LogP contribution in [0.4, 0.5) is 20.3 Å². The smallest absolute Gasteiger partial charge is 0.266 e. The van der Waals surface area contributed by atoms with Gasteiger partial charge < -0.3 is 14.6 Å². The fourth-order valence-electron chi connectivity index (χ4n) is 7.75. The lowest BCUT2D eigenvalue weighted by Crippen LogP contribution is -2.54. The maximum Gasteiger partial charge on any atom is 0.266 e. The van der Waals surface area contributed by atoms with Crippen molar-refractivity contribution < 1.29 is 41.1 Å². The van der Waals surface area contributed by atoms with Crippen molar-refractivity contribution in [1.29, 1.82) is 0 Å². The highest BCUT2D eigenvalue weighted by atomic mass is 32.2. The van der Waals surface area contributed by atoms with Crippen LogP contribution in [0.1, 0.15) is 59.7 Å². The largest absolute Gasteiger partial charge is 0.491 e. The molecule has 5 aromatic rings. The number of amides is 4. The number of hydrogen-bond donors (Lipinski definition) is 3. The van der Waals surface area contributed by atoms with E-state index in [4.69, 9.17) is 9.72 Å². The molecular formula is C40H39F2N9O7S. The lowest BCUT2D eigenvalue weighted by molar-refractivity contribution is -0.136. The van der Waals surface area contributed by atoms with Crippen LogP contribution in [-0.2, 0) is 19.6 Å². The molecule has 8 rings (SSSR count). The predicted octanol–water partition coefficient (Wildman–Crippen LogP) is 4.27. The summed E-state index contributed by atoms with van der Waals surface area (Å²) < 4.78 is 66.0. The molecule has 6 heterocycles. The van der Waals surface area contributed by atoms with E-state index in [1.165, 1.54) is 23.2 Å². The van der Waals surface area contributed by atoms with Crippen molar-refractivity contribution in [2.24, 2.45) is 0 Å². The number of nitrogens with zero attached hydrogens (tertiary/aromatic N) is 6. The Balaban J connectivity index is 0.937. The van der Waals surface area contributed by atoms with E-state index < -0.39 is 57.0 Å². The van der Waals surface area contributed by atoms with Crippen LogP contribution in [0.25, 0.3) is 27.8 Å². The molecular weight excluding hydrogens is 789 g/mol. The number of sulfonamides is 1. The van der Waals surface area contributed by atoms with Gasteiger partial charge in [-0.2, -0.15) is 0 Å². The fraction of sp³-hybridized carbons (Fsp3) is 0.325. The number of imide groups is 2. The van der Waals surface area contributed by atoms with Crippen molar-refractivity contribution in [3.05, 3.63) is 90.1 Å². The van der Waals surface area contributed by atoms with Gasteiger partial charge in [0.2, 0.25) is 21.8 Å². The molecule has 0 radical (unpaired) electrons. The van der Waals surface area contributed by atoms with Gasteiger partial charge in [0, 0.05) is 61.8 Å². The second kappa shape index (κ2) is 16.1. The normalized spacial score (nSPS) is 17.7. The summed E-state index contributed by atoms with van der Waals surface area (Å²) in [6, 6.07) is 9.22. The number of carbonyl (C=O) groups is 4. The number of piperidine rings is 2. The topological polar surface area (TPSA) is 198 Å². The third-order valence-electron chi connectivity index (χ3n) is 10.6. The molecule has 0 bridgehead atoms. The number of aromatic nitrogens is 4. The lowest BCUT2D eigenvalue weighted by atomic mass is 10.0. The Morgan fingerprint density at radius 3 is 2.47 bits per heavy atom. The number of nitrogens with one attached hydrogen (secondary N) is 3. The molecule has 0 spiro atoms. The molecule has 306 valence electrons. The summed E-state index contributed by atoms with van der Waals surface area (Å²) in [5.74, 6) is -3.77. The van der Waals surface area contributed by atoms with E-state index in [2.05, 4.69) is 30.2 Å². The molecule has 1 unspecified atom stereocenters. The molecule has 3 aromatic heterocycles. The second-order valence-corrected chi connectivity index (χ2v) is 16.4. The summed E-state index contributed by atoms with van der Waals surface area (Å²) in [5.41, 5.74) is 1.26. The van der Waals surface area contributed by atoms with Gasteiger partial charge >= 0.3 is 0 Å². The van der Waals surface area contributed by atoms with Crippen LogP contribution in [-0.4, -0.2) is 105 Å². The van der Waals surface area contributed by atoms with Crippen LogP contribution in [0.3, 0.4) is 0 Å². The van der Waals surface area contributed by atoms with E-state index in [0.717, 1.165) is 43.0 Å². The molecule has 19 heteroatoms. The number of carbonyl (C=O) groups excluding carboxylic acids is 4. The summed E-state index contributed by atoms with van der Waals surface area (Å²) in [6.07, 6.45) is 7.93. The molecule has 0 aliphatic carbocycles. The van der Waals surface area contributed by atoms with Crippen LogP contribution >= 0.6 is 0 Å². The SMILES string of the molecule is CCCS(=O)(=O)Nc1ccc(F)c(-n2cc(-c3cncnc3)c3nc(NC4CCN(CCOc5cccc6c5C(=O)N(C5CCC(=O)NC5=O)C6=O)CC4)ccc32)c1F. The first-order valence-corrected chi connectivity index (χ1v) is 20.8. The molecule has 2 aromatic carbocycles. The first kappa shape index (κ1) is 39.5. The number of fused-ring (bicyclic) bond motifs is 2. The monoisotopic (exact) mass is 827 g/mol. The minimum Gasteiger partial charge on any atom is -0.491 e. The Labute approximate surface area is 337 Å². The van der Waals surface area contributed by atoms with Crippen LogP contribution in [0.15, 0.2) is 67.4 Å². The van der Waals surface area contributed by atoms with Crippen molar-refractivity contribution in [2.75, 3.05) is 42.0 Å². The molecule has 1 atom stereocenters. The highest BCUT2D eigenvalue weighted by Gasteiger charge is 2.46. The van der Waals surface area contributed by atoms with Gasteiger partial charge in [0.05, 0.1) is 33.6 Å². The summed E-state index contributed by atoms with van der Waals surface area (Å²) in [6.45, 7) is 3.91. The number of halogens is 2. The molecule has 2 saturated heterocycles. The van der Waals surface area contributed by atoms with E-state index in [0.29, 0.717) is 40.9 Å². The van der Waals surface area contributed by atoms with Crippen molar-refractivity contribution in [2.45, 2.75) is 51.1 Å². The molecule has 59 heavy (non-hydrogen) atoms.